The van der Waals surface area contributed by atoms with E-state index in [1.165, 1.54) is 57.4 Å². The summed E-state index contributed by atoms with van der Waals surface area (Å²) in [5.74, 6) is 1.52. The van der Waals surface area contributed by atoms with Crippen molar-refractivity contribution in [3.63, 3.8) is 0 Å². The third-order valence-corrected chi connectivity index (χ3v) is 8.06. The molecular formula is C44H54O5. The van der Waals surface area contributed by atoms with Crippen molar-refractivity contribution < 1.29 is 23.8 Å². The van der Waals surface area contributed by atoms with E-state index in [4.69, 9.17) is 14.2 Å². The van der Waals surface area contributed by atoms with Gasteiger partial charge in [-0.25, -0.2) is 4.79 Å². The molecule has 0 bridgehead atoms. The largest absolute Gasteiger partial charge is 0.494 e. The van der Waals surface area contributed by atoms with Crippen LogP contribution in [0.3, 0.4) is 0 Å². The molecule has 0 N–H and O–H groups in total. The van der Waals surface area contributed by atoms with Crippen LogP contribution in [0.5, 0.6) is 11.5 Å². The second-order valence-electron chi connectivity index (χ2n) is 12.0. The number of ether oxygens (including phenoxy) is 3. The molecule has 0 radical (unpaired) electrons. The maximum absolute atomic E-state index is 11.4. The van der Waals surface area contributed by atoms with Crippen LogP contribution in [0.4, 0.5) is 0 Å². The van der Waals surface area contributed by atoms with Crippen LogP contribution in [0.15, 0.2) is 103 Å². The predicted molar refractivity (Wildman–Crippen MR) is 203 cm³/mol. The van der Waals surface area contributed by atoms with Gasteiger partial charge >= 0.3 is 5.97 Å². The Kier molecular flexibility index (Phi) is 18.7. The van der Waals surface area contributed by atoms with Gasteiger partial charge in [0, 0.05) is 11.6 Å². The molecule has 0 saturated heterocycles. The predicted octanol–water partition coefficient (Wildman–Crippen LogP) is 11.8. The molecule has 5 heteroatoms. The van der Waals surface area contributed by atoms with Crippen molar-refractivity contribution in [3.8, 4) is 33.8 Å². The maximum Gasteiger partial charge on any atom is 0.330 e. The quantitative estimate of drug-likeness (QED) is 0.0408. The number of rotatable bonds is 20. The average molecular weight is 663 g/mol. The molecule has 0 fully saturated rings. The Labute approximate surface area is 294 Å². The highest BCUT2D eigenvalue weighted by Crippen LogP contribution is 2.24. The highest BCUT2D eigenvalue weighted by molar-refractivity contribution is 5.87. The second kappa shape index (κ2) is 23.6. The minimum absolute atomic E-state index is 0.317. The highest BCUT2D eigenvalue weighted by Gasteiger charge is 2.02. The van der Waals surface area contributed by atoms with Gasteiger partial charge in [-0.2, -0.15) is 0 Å². The summed E-state index contributed by atoms with van der Waals surface area (Å²) in [4.78, 5) is 22.0. The van der Waals surface area contributed by atoms with Crippen LogP contribution in [0.2, 0.25) is 0 Å². The Morgan fingerprint density at radius 3 is 1.29 bits per heavy atom. The Bertz CT molecular complexity index is 1490. The first-order valence-corrected chi connectivity index (χ1v) is 18.0. The van der Waals surface area contributed by atoms with E-state index >= 15 is 0 Å². The molecule has 4 rings (SSSR count). The molecule has 0 heterocycles. The van der Waals surface area contributed by atoms with Gasteiger partial charge in [-0.3, -0.25) is 4.79 Å². The van der Waals surface area contributed by atoms with Gasteiger partial charge < -0.3 is 14.2 Å². The molecule has 0 unspecified atom stereocenters. The number of aldehydes is 1. The van der Waals surface area contributed by atoms with E-state index in [2.05, 4.69) is 50.2 Å². The fraction of sp³-hybridized carbons (Fsp3) is 0.364. The zero-order valence-electron chi connectivity index (χ0n) is 29.7. The van der Waals surface area contributed by atoms with Crippen molar-refractivity contribution in [2.24, 2.45) is 0 Å². The van der Waals surface area contributed by atoms with Crippen molar-refractivity contribution in [2.75, 3.05) is 19.8 Å². The third-order valence-electron chi connectivity index (χ3n) is 8.06. The van der Waals surface area contributed by atoms with Gasteiger partial charge in [0.2, 0.25) is 0 Å². The van der Waals surface area contributed by atoms with E-state index in [0.29, 0.717) is 12.2 Å². The summed E-state index contributed by atoms with van der Waals surface area (Å²) < 4.78 is 16.5. The molecule has 4 aromatic rings. The first-order chi connectivity index (χ1) is 24.1. The van der Waals surface area contributed by atoms with Gasteiger partial charge in [0.05, 0.1) is 19.8 Å². The van der Waals surface area contributed by atoms with Crippen LogP contribution >= 0.6 is 0 Å². The van der Waals surface area contributed by atoms with E-state index in [-0.39, 0.29) is 5.97 Å². The summed E-state index contributed by atoms with van der Waals surface area (Å²) in [5.41, 5.74) is 6.19. The minimum atomic E-state index is -0.317. The minimum Gasteiger partial charge on any atom is -0.494 e. The molecule has 260 valence electrons. The van der Waals surface area contributed by atoms with Crippen molar-refractivity contribution in [1.29, 1.82) is 0 Å². The number of unbranched alkanes of at least 4 members (excludes halogenated alkanes) is 8. The Morgan fingerprint density at radius 1 is 0.510 bits per heavy atom. The molecule has 0 saturated carbocycles. The molecular weight excluding hydrogens is 608 g/mol. The van der Waals surface area contributed by atoms with Crippen LogP contribution in [0.1, 0.15) is 101 Å². The third kappa shape index (κ3) is 15.4. The molecule has 0 aliphatic heterocycles. The number of esters is 1. The summed E-state index contributed by atoms with van der Waals surface area (Å²) in [7, 11) is 0. The molecule has 49 heavy (non-hydrogen) atoms. The van der Waals surface area contributed by atoms with E-state index in [9.17, 15) is 9.59 Å². The van der Waals surface area contributed by atoms with Gasteiger partial charge in [-0.15, -0.1) is 0 Å². The van der Waals surface area contributed by atoms with E-state index in [1.54, 1.807) is 13.0 Å². The number of carbonyl (C=O) groups excluding carboxylic acids is 2. The zero-order valence-corrected chi connectivity index (χ0v) is 29.7. The number of carbonyl (C=O) groups is 2. The number of hydrogen-bond donors (Lipinski definition) is 0. The van der Waals surface area contributed by atoms with Gasteiger partial charge in [0.1, 0.15) is 17.8 Å². The van der Waals surface area contributed by atoms with Crippen molar-refractivity contribution >= 4 is 18.3 Å². The summed E-state index contributed by atoms with van der Waals surface area (Å²) in [6, 6.07) is 32.0. The van der Waals surface area contributed by atoms with E-state index < -0.39 is 0 Å². The second-order valence-corrected chi connectivity index (χ2v) is 12.0. The van der Waals surface area contributed by atoms with Crippen LogP contribution in [-0.2, 0) is 9.53 Å². The summed E-state index contributed by atoms with van der Waals surface area (Å²) >= 11 is 0. The van der Waals surface area contributed by atoms with Gasteiger partial charge in [-0.05, 0) is 77.9 Å². The van der Waals surface area contributed by atoms with Crippen LogP contribution < -0.4 is 9.47 Å². The number of benzene rings is 4. The fourth-order valence-electron chi connectivity index (χ4n) is 5.17. The lowest BCUT2D eigenvalue weighted by Gasteiger charge is -2.08. The SMILES string of the molecule is CCCCCCCOc1ccc(-c2ccc(C=CC(=O)OCC)cc2)cc1.CCCCCCCOc1ccc(-c2ccc(C=O)cc2)cc1. The van der Waals surface area contributed by atoms with Crippen molar-refractivity contribution in [1.82, 2.24) is 0 Å². The molecule has 0 aliphatic rings. The summed E-state index contributed by atoms with van der Waals surface area (Å²) in [5, 5.41) is 0. The molecule has 0 aromatic heterocycles. The highest BCUT2D eigenvalue weighted by atomic mass is 16.5. The zero-order chi connectivity index (χ0) is 34.9. The molecule has 5 nitrogen and oxygen atoms in total. The van der Waals surface area contributed by atoms with Gasteiger partial charge in [0.25, 0.3) is 0 Å². The van der Waals surface area contributed by atoms with Gasteiger partial charge in [-0.1, -0.05) is 138 Å². The average Bonchev–Trinajstić information content (AvgIpc) is 3.15. The van der Waals surface area contributed by atoms with Gasteiger partial charge in [0.15, 0.2) is 0 Å². The Balaban J connectivity index is 0.000000271. The normalized spacial score (nSPS) is 10.7. The number of hydrogen-bond acceptors (Lipinski definition) is 5. The van der Waals surface area contributed by atoms with Crippen molar-refractivity contribution in [2.45, 2.75) is 85.0 Å². The molecule has 0 spiro atoms. The lowest BCUT2D eigenvalue weighted by Crippen LogP contribution is -1.98. The summed E-state index contributed by atoms with van der Waals surface area (Å²) in [6.45, 7) is 8.21. The van der Waals surface area contributed by atoms with Crippen LogP contribution in [0.25, 0.3) is 28.3 Å². The monoisotopic (exact) mass is 662 g/mol. The molecule has 0 atom stereocenters. The van der Waals surface area contributed by atoms with E-state index in [1.807, 2.05) is 60.7 Å². The first-order valence-electron chi connectivity index (χ1n) is 18.0. The standard InChI is InChI=1S/C24H30O3.C20H24O2/c1-3-5-6-7-8-19-27-23-16-14-22(15-17-23)21-12-9-20(10-13-21)11-18-24(25)26-4-2;1-2-3-4-5-6-15-22-20-13-11-19(12-14-20)18-9-7-17(16-21)8-10-18/h9-18H,3-8,19H2,1-2H3;7-14,16H,2-6,15H2,1H3. The maximum atomic E-state index is 11.4. The molecule has 0 aliphatic carbocycles. The fourth-order valence-corrected chi connectivity index (χ4v) is 5.17. The molecule has 4 aromatic carbocycles. The lowest BCUT2D eigenvalue weighted by molar-refractivity contribution is -0.137. The summed E-state index contributed by atoms with van der Waals surface area (Å²) in [6.07, 6.45) is 16.6. The smallest absolute Gasteiger partial charge is 0.330 e. The lowest BCUT2D eigenvalue weighted by atomic mass is 10.0. The van der Waals surface area contributed by atoms with Crippen molar-refractivity contribution in [3.05, 3.63) is 114 Å². The topological polar surface area (TPSA) is 61.8 Å². The van der Waals surface area contributed by atoms with Crippen LogP contribution in [0, 0.1) is 0 Å². The Hall–Kier alpha value is -4.64. The molecule has 0 amide bonds. The van der Waals surface area contributed by atoms with Crippen LogP contribution in [-0.4, -0.2) is 32.1 Å². The van der Waals surface area contributed by atoms with E-state index in [0.717, 1.165) is 71.7 Å². The first kappa shape index (κ1) is 38.8. The Morgan fingerprint density at radius 2 is 0.898 bits per heavy atom.